The molecule has 160 valence electrons. The lowest BCUT2D eigenvalue weighted by Gasteiger charge is -2.38. The molecule has 2 aliphatic rings. The Morgan fingerprint density at radius 3 is 1.97 bits per heavy atom. The molecule has 5 nitrogen and oxygen atoms in total. The van der Waals surface area contributed by atoms with Gasteiger partial charge in [0.2, 0.25) is 5.91 Å². The number of amides is 1. The van der Waals surface area contributed by atoms with Crippen LogP contribution in [0.4, 0.5) is 0 Å². The molecule has 2 heterocycles. The van der Waals surface area contributed by atoms with Gasteiger partial charge in [-0.3, -0.25) is 14.6 Å². The van der Waals surface area contributed by atoms with Crippen LogP contribution in [0.3, 0.4) is 0 Å². The Bertz CT molecular complexity index is 793. The lowest BCUT2D eigenvalue weighted by molar-refractivity contribution is -0.139. The molecule has 2 aliphatic heterocycles. The number of nitrogens with zero attached hydrogens (tertiary/aromatic N) is 3. The topological polar surface area (TPSA) is 36.0 Å². The molecule has 2 saturated heterocycles. The van der Waals surface area contributed by atoms with Crippen molar-refractivity contribution >= 4 is 5.91 Å². The summed E-state index contributed by atoms with van der Waals surface area (Å²) in [6.07, 6.45) is 1.94. The second-order valence-electron chi connectivity index (χ2n) is 8.49. The molecular weight excluding hydrogens is 374 g/mol. The number of likely N-dealkylation sites (tertiary alicyclic amines) is 1. The summed E-state index contributed by atoms with van der Waals surface area (Å²) in [5, 5.41) is 0. The number of ether oxygens (including phenoxy) is 1. The Balaban J connectivity index is 1.20. The second kappa shape index (κ2) is 10.1. The first-order chi connectivity index (χ1) is 14.7. The van der Waals surface area contributed by atoms with Crippen LogP contribution < -0.4 is 4.74 Å². The van der Waals surface area contributed by atoms with Crippen molar-refractivity contribution in [1.29, 1.82) is 0 Å². The van der Waals surface area contributed by atoms with Crippen molar-refractivity contribution in [3.05, 3.63) is 65.7 Å². The molecule has 2 fully saturated rings. The van der Waals surface area contributed by atoms with Gasteiger partial charge in [-0.05, 0) is 49.2 Å². The molecule has 1 amide bonds. The molecule has 0 radical (unpaired) electrons. The van der Waals surface area contributed by atoms with E-state index in [1.165, 1.54) is 11.1 Å². The van der Waals surface area contributed by atoms with E-state index in [0.29, 0.717) is 5.91 Å². The predicted molar refractivity (Wildman–Crippen MR) is 119 cm³/mol. The highest BCUT2D eigenvalue weighted by Crippen LogP contribution is 2.23. The zero-order valence-corrected chi connectivity index (χ0v) is 18.0. The molecule has 0 bridgehead atoms. The fourth-order valence-corrected chi connectivity index (χ4v) is 4.55. The van der Waals surface area contributed by atoms with E-state index in [1.807, 2.05) is 12.1 Å². The monoisotopic (exact) mass is 407 g/mol. The van der Waals surface area contributed by atoms with Crippen LogP contribution >= 0.6 is 0 Å². The number of rotatable bonds is 6. The summed E-state index contributed by atoms with van der Waals surface area (Å²) in [5.74, 6) is 1.46. The van der Waals surface area contributed by atoms with Crippen LogP contribution in [0.15, 0.2) is 54.6 Å². The molecule has 2 aromatic rings. The Labute approximate surface area is 180 Å². The van der Waals surface area contributed by atoms with Crippen molar-refractivity contribution in [3.63, 3.8) is 0 Å². The summed E-state index contributed by atoms with van der Waals surface area (Å²) in [5.41, 5.74) is 2.65. The predicted octanol–water partition coefficient (Wildman–Crippen LogP) is 3.25. The van der Waals surface area contributed by atoms with Gasteiger partial charge in [0, 0.05) is 45.2 Å². The first-order valence-electron chi connectivity index (χ1n) is 11.1. The lowest BCUT2D eigenvalue weighted by Crippen LogP contribution is -2.51. The molecule has 4 rings (SSSR count). The van der Waals surface area contributed by atoms with Crippen molar-refractivity contribution in [2.24, 2.45) is 5.92 Å². The second-order valence-corrected chi connectivity index (χ2v) is 8.49. The SMILES string of the molecule is COc1ccc(CN2CCC(C(=O)N3CCN(Cc4ccccc4)CC3)CC2)cc1. The van der Waals surface area contributed by atoms with Gasteiger partial charge in [0.05, 0.1) is 7.11 Å². The average molecular weight is 408 g/mol. The summed E-state index contributed by atoms with van der Waals surface area (Å²) in [6.45, 7) is 7.58. The molecule has 0 aliphatic carbocycles. The minimum atomic E-state index is 0.192. The summed E-state index contributed by atoms with van der Waals surface area (Å²) in [7, 11) is 1.69. The number of piperidine rings is 1. The minimum Gasteiger partial charge on any atom is -0.497 e. The molecule has 30 heavy (non-hydrogen) atoms. The minimum absolute atomic E-state index is 0.192. The first-order valence-corrected chi connectivity index (χ1v) is 11.1. The van der Waals surface area contributed by atoms with E-state index in [1.54, 1.807) is 7.11 Å². The average Bonchev–Trinajstić information content (AvgIpc) is 2.81. The maximum Gasteiger partial charge on any atom is 0.225 e. The van der Waals surface area contributed by atoms with E-state index in [4.69, 9.17) is 4.74 Å². The van der Waals surface area contributed by atoms with Gasteiger partial charge in [0.1, 0.15) is 5.75 Å². The van der Waals surface area contributed by atoms with Crippen molar-refractivity contribution in [2.45, 2.75) is 25.9 Å². The van der Waals surface area contributed by atoms with Crippen LogP contribution in [0.2, 0.25) is 0 Å². The van der Waals surface area contributed by atoms with Crippen LogP contribution in [0, 0.1) is 5.92 Å². The van der Waals surface area contributed by atoms with Crippen LogP contribution in [-0.4, -0.2) is 67.0 Å². The molecule has 0 spiro atoms. The molecular formula is C25H33N3O2. The highest BCUT2D eigenvalue weighted by Gasteiger charge is 2.30. The van der Waals surface area contributed by atoms with Gasteiger partial charge in [-0.2, -0.15) is 0 Å². The van der Waals surface area contributed by atoms with E-state index in [9.17, 15) is 4.79 Å². The maximum absolute atomic E-state index is 13.0. The quantitative estimate of drug-likeness (QED) is 0.737. The summed E-state index contributed by atoms with van der Waals surface area (Å²) >= 11 is 0. The summed E-state index contributed by atoms with van der Waals surface area (Å²) in [4.78, 5) is 20.0. The number of benzene rings is 2. The smallest absolute Gasteiger partial charge is 0.225 e. The standard InChI is InChI=1S/C25H33N3O2/c1-30-24-9-7-22(8-10-24)20-26-13-11-23(12-14-26)25(29)28-17-15-27(16-18-28)19-21-5-3-2-4-6-21/h2-10,23H,11-20H2,1H3. The number of hydrogen-bond acceptors (Lipinski definition) is 4. The number of piperazine rings is 1. The fourth-order valence-electron chi connectivity index (χ4n) is 4.55. The van der Waals surface area contributed by atoms with E-state index in [-0.39, 0.29) is 5.92 Å². The van der Waals surface area contributed by atoms with E-state index in [0.717, 1.165) is 70.9 Å². The van der Waals surface area contributed by atoms with E-state index >= 15 is 0 Å². The Morgan fingerprint density at radius 2 is 1.37 bits per heavy atom. The highest BCUT2D eigenvalue weighted by molar-refractivity contribution is 5.79. The van der Waals surface area contributed by atoms with Gasteiger partial charge in [-0.25, -0.2) is 0 Å². The number of carbonyl (C=O) groups excluding carboxylic acids is 1. The third-order valence-electron chi connectivity index (χ3n) is 6.44. The maximum atomic E-state index is 13.0. The molecule has 0 aromatic heterocycles. The third kappa shape index (κ3) is 5.41. The van der Waals surface area contributed by atoms with E-state index < -0.39 is 0 Å². The lowest BCUT2D eigenvalue weighted by atomic mass is 9.94. The summed E-state index contributed by atoms with van der Waals surface area (Å²) < 4.78 is 5.23. The van der Waals surface area contributed by atoms with Gasteiger partial charge in [0.25, 0.3) is 0 Å². The number of hydrogen-bond donors (Lipinski definition) is 0. The van der Waals surface area contributed by atoms with Crippen molar-refractivity contribution < 1.29 is 9.53 Å². The van der Waals surface area contributed by atoms with Crippen LogP contribution in [0.5, 0.6) is 5.75 Å². The molecule has 0 atom stereocenters. The molecule has 0 saturated carbocycles. The normalized spacial score (nSPS) is 19.0. The fraction of sp³-hybridized carbons (Fsp3) is 0.480. The van der Waals surface area contributed by atoms with Crippen molar-refractivity contribution in [3.8, 4) is 5.75 Å². The highest BCUT2D eigenvalue weighted by atomic mass is 16.5. The van der Waals surface area contributed by atoms with Crippen molar-refractivity contribution in [2.75, 3.05) is 46.4 Å². The van der Waals surface area contributed by atoms with Crippen LogP contribution in [-0.2, 0) is 17.9 Å². The zero-order valence-electron chi connectivity index (χ0n) is 18.0. The largest absolute Gasteiger partial charge is 0.497 e. The molecule has 0 unspecified atom stereocenters. The molecule has 2 aromatic carbocycles. The number of methoxy groups -OCH3 is 1. The summed E-state index contributed by atoms with van der Waals surface area (Å²) in [6, 6.07) is 18.9. The van der Waals surface area contributed by atoms with Gasteiger partial charge in [-0.1, -0.05) is 42.5 Å². The van der Waals surface area contributed by atoms with Crippen LogP contribution in [0.25, 0.3) is 0 Å². The zero-order chi connectivity index (χ0) is 20.8. The van der Waals surface area contributed by atoms with Crippen molar-refractivity contribution in [1.82, 2.24) is 14.7 Å². The Morgan fingerprint density at radius 1 is 0.800 bits per heavy atom. The third-order valence-corrected chi connectivity index (χ3v) is 6.44. The van der Waals surface area contributed by atoms with Gasteiger partial charge >= 0.3 is 0 Å². The first kappa shape index (κ1) is 20.9. The molecule has 5 heteroatoms. The number of carbonyl (C=O) groups is 1. The Hall–Kier alpha value is -2.37. The molecule has 0 N–H and O–H groups in total. The van der Waals surface area contributed by atoms with Gasteiger partial charge < -0.3 is 9.64 Å². The van der Waals surface area contributed by atoms with E-state index in [2.05, 4.69) is 57.2 Å². The van der Waals surface area contributed by atoms with Gasteiger partial charge in [0.15, 0.2) is 0 Å². The van der Waals surface area contributed by atoms with Gasteiger partial charge in [-0.15, -0.1) is 0 Å². The Kier molecular flexibility index (Phi) is 7.03. The van der Waals surface area contributed by atoms with Crippen LogP contribution in [0.1, 0.15) is 24.0 Å².